The van der Waals surface area contributed by atoms with Gasteiger partial charge in [-0.05, 0) is 32.2 Å². The van der Waals surface area contributed by atoms with Crippen LogP contribution in [0.3, 0.4) is 0 Å². The van der Waals surface area contributed by atoms with Crippen molar-refractivity contribution in [2.75, 3.05) is 13.4 Å². The van der Waals surface area contributed by atoms with E-state index >= 15 is 0 Å². The minimum Gasteiger partial charge on any atom is -0.463 e. The van der Waals surface area contributed by atoms with E-state index in [2.05, 4.69) is 19.8 Å². The second-order valence-electron chi connectivity index (χ2n) is 5.67. The van der Waals surface area contributed by atoms with Crippen LogP contribution in [0.4, 0.5) is 0 Å². The fraction of sp³-hybridized carbons (Fsp3) is 0.353. The van der Waals surface area contributed by atoms with Crippen molar-refractivity contribution in [2.24, 2.45) is 0 Å². The Hall–Kier alpha value is -2.88. The predicted octanol–water partition coefficient (Wildman–Crippen LogP) is 2.13. The third-order valence-electron chi connectivity index (χ3n) is 3.96. The Labute approximate surface area is 159 Å². The lowest BCUT2D eigenvalue weighted by Crippen LogP contribution is -2.13. The average Bonchev–Trinajstić information content (AvgIpc) is 3.29. The van der Waals surface area contributed by atoms with Gasteiger partial charge in [-0.15, -0.1) is 5.10 Å². The van der Waals surface area contributed by atoms with Crippen molar-refractivity contribution in [3.05, 3.63) is 40.6 Å². The highest BCUT2D eigenvalue weighted by Gasteiger charge is 2.17. The molecule has 0 radical (unpaired) electrons. The van der Waals surface area contributed by atoms with E-state index in [4.69, 9.17) is 9.15 Å². The Bertz CT molecular complexity index is 1010. The normalized spacial score (nSPS) is 11.0. The number of hydrogen-bond donors (Lipinski definition) is 0. The van der Waals surface area contributed by atoms with Gasteiger partial charge in [-0.2, -0.15) is 4.98 Å². The number of hydrogen-bond acceptors (Lipinski definition) is 9. The molecule has 0 saturated carbocycles. The van der Waals surface area contributed by atoms with Gasteiger partial charge in [0.15, 0.2) is 0 Å². The van der Waals surface area contributed by atoms with E-state index in [9.17, 15) is 9.59 Å². The number of carbonyl (C=O) groups is 2. The lowest BCUT2D eigenvalue weighted by atomic mass is 10.1. The number of nitrogens with zero attached hydrogens (tertiary/aromatic N) is 4. The smallest absolute Gasteiger partial charge is 0.373 e. The van der Waals surface area contributed by atoms with Crippen LogP contribution in [0, 0.1) is 13.8 Å². The van der Waals surface area contributed by atoms with Gasteiger partial charge in [0.25, 0.3) is 5.78 Å². The van der Waals surface area contributed by atoms with E-state index in [1.807, 2.05) is 20.1 Å². The van der Waals surface area contributed by atoms with Gasteiger partial charge in [0.05, 0.1) is 13.5 Å². The van der Waals surface area contributed by atoms with Crippen molar-refractivity contribution >= 4 is 29.5 Å². The number of esters is 2. The van der Waals surface area contributed by atoms with E-state index in [-0.39, 0.29) is 18.8 Å². The molecule has 0 amide bonds. The monoisotopic (exact) mass is 390 g/mol. The molecule has 0 N–H and O–H groups in total. The van der Waals surface area contributed by atoms with Crippen molar-refractivity contribution in [1.29, 1.82) is 0 Å². The van der Waals surface area contributed by atoms with E-state index in [1.54, 1.807) is 10.6 Å². The molecular weight excluding hydrogens is 372 g/mol. The van der Waals surface area contributed by atoms with E-state index in [1.165, 1.54) is 24.9 Å². The highest BCUT2D eigenvalue weighted by molar-refractivity contribution is 7.98. The van der Waals surface area contributed by atoms with Gasteiger partial charge in [-0.25, -0.2) is 14.3 Å². The molecule has 3 heterocycles. The summed E-state index contributed by atoms with van der Waals surface area (Å²) in [4.78, 5) is 32.3. The van der Waals surface area contributed by atoms with Gasteiger partial charge < -0.3 is 13.9 Å². The zero-order chi connectivity index (χ0) is 19.6. The summed E-state index contributed by atoms with van der Waals surface area (Å²) in [6.45, 7) is 3.60. The van der Waals surface area contributed by atoms with Gasteiger partial charge in [-0.1, -0.05) is 11.8 Å². The SMILES string of the molecule is COC(=O)c1ccc(COC(=O)Cc2c(C)nc3nc(SC)nn3c2C)o1. The lowest BCUT2D eigenvalue weighted by Gasteiger charge is -2.09. The minimum atomic E-state index is -0.587. The van der Waals surface area contributed by atoms with Crippen LogP contribution < -0.4 is 0 Å². The first-order valence-electron chi connectivity index (χ1n) is 8.02. The first kappa shape index (κ1) is 18.9. The molecule has 0 fully saturated rings. The van der Waals surface area contributed by atoms with Gasteiger partial charge in [0, 0.05) is 17.0 Å². The number of ether oxygens (including phenoxy) is 2. The molecule has 0 atom stereocenters. The number of thioether (sulfide) groups is 1. The Kier molecular flexibility index (Phi) is 5.45. The summed E-state index contributed by atoms with van der Waals surface area (Å²) < 4.78 is 16.7. The number of carbonyl (C=O) groups excluding carboxylic acids is 2. The number of rotatable bonds is 6. The summed E-state index contributed by atoms with van der Waals surface area (Å²) in [7, 11) is 1.26. The highest BCUT2D eigenvalue weighted by Crippen LogP contribution is 2.18. The first-order valence-corrected chi connectivity index (χ1v) is 9.25. The summed E-state index contributed by atoms with van der Waals surface area (Å²) in [5.74, 6) is -0.121. The molecular formula is C17H18N4O5S. The van der Waals surface area contributed by atoms with Crippen LogP contribution in [0.2, 0.25) is 0 Å². The molecule has 0 aliphatic carbocycles. The Morgan fingerprint density at radius 3 is 2.74 bits per heavy atom. The third kappa shape index (κ3) is 3.95. The molecule has 27 heavy (non-hydrogen) atoms. The summed E-state index contributed by atoms with van der Waals surface area (Å²) in [6, 6.07) is 3.03. The van der Waals surface area contributed by atoms with Crippen molar-refractivity contribution in [2.45, 2.75) is 32.0 Å². The zero-order valence-electron chi connectivity index (χ0n) is 15.3. The summed E-state index contributed by atoms with van der Waals surface area (Å²) in [5, 5.41) is 4.97. The fourth-order valence-electron chi connectivity index (χ4n) is 2.55. The largest absolute Gasteiger partial charge is 0.463 e. The van der Waals surface area contributed by atoms with Crippen LogP contribution >= 0.6 is 11.8 Å². The third-order valence-corrected chi connectivity index (χ3v) is 4.49. The first-order chi connectivity index (χ1) is 12.9. The Balaban J connectivity index is 1.70. The lowest BCUT2D eigenvalue weighted by molar-refractivity contribution is -0.144. The van der Waals surface area contributed by atoms with Gasteiger partial charge in [-0.3, -0.25) is 4.79 Å². The number of furan rings is 1. The highest BCUT2D eigenvalue weighted by atomic mass is 32.2. The molecule has 0 spiro atoms. The van der Waals surface area contributed by atoms with Crippen molar-refractivity contribution in [3.63, 3.8) is 0 Å². The Morgan fingerprint density at radius 1 is 1.26 bits per heavy atom. The maximum absolute atomic E-state index is 12.3. The summed E-state index contributed by atoms with van der Waals surface area (Å²) in [6.07, 6.45) is 1.93. The van der Waals surface area contributed by atoms with Crippen LogP contribution in [0.5, 0.6) is 0 Å². The molecule has 142 valence electrons. The number of methoxy groups -OCH3 is 1. The summed E-state index contributed by atoms with van der Waals surface area (Å²) in [5.41, 5.74) is 2.22. The molecule has 0 aromatic carbocycles. The van der Waals surface area contributed by atoms with Crippen molar-refractivity contribution in [1.82, 2.24) is 19.6 Å². The molecule has 0 aliphatic heterocycles. The van der Waals surface area contributed by atoms with Gasteiger partial charge >= 0.3 is 11.9 Å². The number of fused-ring (bicyclic) bond motifs is 1. The molecule has 0 unspecified atom stereocenters. The van der Waals surface area contributed by atoms with Crippen LogP contribution in [-0.4, -0.2) is 44.9 Å². The molecule has 3 aromatic rings. The van der Waals surface area contributed by atoms with Crippen LogP contribution in [0.15, 0.2) is 21.7 Å². The van der Waals surface area contributed by atoms with Crippen LogP contribution in [-0.2, 0) is 27.3 Å². The topological polar surface area (TPSA) is 109 Å². The maximum Gasteiger partial charge on any atom is 0.373 e. The molecule has 0 bridgehead atoms. The Morgan fingerprint density at radius 2 is 2.04 bits per heavy atom. The fourth-order valence-corrected chi connectivity index (χ4v) is 2.88. The second kappa shape index (κ2) is 7.78. The molecule has 3 aromatic heterocycles. The van der Waals surface area contributed by atoms with Crippen molar-refractivity contribution in [3.8, 4) is 0 Å². The molecule has 9 nitrogen and oxygen atoms in total. The quantitative estimate of drug-likeness (QED) is 0.462. The molecule has 3 rings (SSSR count). The molecule has 10 heteroatoms. The molecule has 0 saturated heterocycles. The number of aromatic nitrogens is 4. The maximum atomic E-state index is 12.3. The predicted molar refractivity (Wildman–Crippen MR) is 95.6 cm³/mol. The van der Waals surface area contributed by atoms with E-state index in [0.29, 0.717) is 22.4 Å². The molecule has 0 aliphatic rings. The van der Waals surface area contributed by atoms with Crippen molar-refractivity contribution < 1.29 is 23.5 Å². The average molecular weight is 390 g/mol. The van der Waals surface area contributed by atoms with E-state index in [0.717, 1.165) is 11.3 Å². The number of aryl methyl sites for hydroxylation is 2. The zero-order valence-corrected chi connectivity index (χ0v) is 16.1. The standard InChI is InChI=1S/C17H18N4O5S/c1-9-12(10(2)21-16(18-9)19-17(20-21)27-4)7-14(22)25-8-11-5-6-13(26-11)15(23)24-3/h5-6H,7-8H2,1-4H3. The van der Waals surface area contributed by atoms with Gasteiger partial charge in [0.1, 0.15) is 12.4 Å². The summed E-state index contributed by atoms with van der Waals surface area (Å²) >= 11 is 1.42. The second-order valence-corrected chi connectivity index (χ2v) is 6.44. The van der Waals surface area contributed by atoms with Crippen LogP contribution in [0.1, 0.15) is 33.3 Å². The van der Waals surface area contributed by atoms with E-state index < -0.39 is 11.9 Å². The van der Waals surface area contributed by atoms with Crippen LogP contribution in [0.25, 0.3) is 5.78 Å². The minimum absolute atomic E-state index is 0.0413. The van der Waals surface area contributed by atoms with Gasteiger partial charge in [0.2, 0.25) is 10.9 Å².